The summed E-state index contributed by atoms with van der Waals surface area (Å²) in [7, 11) is 0. The fourth-order valence-corrected chi connectivity index (χ4v) is 3.60. The van der Waals surface area contributed by atoms with E-state index in [2.05, 4.69) is 22.9 Å². The number of carbonyl (C=O) groups excluding carboxylic acids is 1. The van der Waals surface area contributed by atoms with Crippen LogP contribution in [0.5, 0.6) is 0 Å². The number of benzene rings is 1. The zero-order chi connectivity index (χ0) is 13.8. The van der Waals surface area contributed by atoms with Gasteiger partial charge in [-0.2, -0.15) is 0 Å². The predicted octanol–water partition coefficient (Wildman–Crippen LogP) is 4.92. The van der Waals surface area contributed by atoms with Gasteiger partial charge in [0.15, 0.2) is 0 Å². The summed E-state index contributed by atoms with van der Waals surface area (Å²) >= 11 is 3.30. The van der Waals surface area contributed by atoms with Crippen LogP contribution in [-0.4, -0.2) is 5.78 Å². The summed E-state index contributed by atoms with van der Waals surface area (Å²) in [6.45, 7) is 2.19. The minimum absolute atomic E-state index is 0.0824. The number of hydrogen-bond acceptors (Lipinski definition) is 1. The van der Waals surface area contributed by atoms with Crippen LogP contribution < -0.4 is 0 Å². The maximum atomic E-state index is 13.4. The fraction of sp³-hybridized carbons (Fsp3) is 0.562. The number of hydrogen-bond donors (Lipinski definition) is 0. The molecule has 1 aromatic rings. The highest BCUT2D eigenvalue weighted by atomic mass is 79.9. The van der Waals surface area contributed by atoms with Gasteiger partial charge in [0.1, 0.15) is 11.6 Å². The van der Waals surface area contributed by atoms with Crippen LogP contribution in [0.25, 0.3) is 0 Å². The van der Waals surface area contributed by atoms with E-state index in [9.17, 15) is 9.18 Å². The van der Waals surface area contributed by atoms with Gasteiger partial charge in [0.05, 0.1) is 0 Å². The summed E-state index contributed by atoms with van der Waals surface area (Å²) in [4.78, 5) is 12.0. The highest BCUT2D eigenvalue weighted by Gasteiger charge is 2.28. The standard InChI is InChI=1S/C16H20BrFO/c1-2-3-11-4-5-16(19)13(6-11)7-12-8-14(17)10-15(18)9-12/h8-11,13H,2-7H2,1H3. The van der Waals surface area contributed by atoms with Gasteiger partial charge < -0.3 is 0 Å². The smallest absolute Gasteiger partial charge is 0.136 e. The van der Waals surface area contributed by atoms with Crippen molar-refractivity contribution in [2.24, 2.45) is 11.8 Å². The summed E-state index contributed by atoms with van der Waals surface area (Å²) in [6.07, 6.45) is 5.77. The van der Waals surface area contributed by atoms with Crippen LogP contribution in [0.1, 0.15) is 44.6 Å². The Hall–Kier alpha value is -0.700. The molecular weight excluding hydrogens is 307 g/mol. The van der Waals surface area contributed by atoms with E-state index in [-0.39, 0.29) is 11.7 Å². The van der Waals surface area contributed by atoms with Crippen molar-refractivity contribution in [2.75, 3.05) is 0 Å². The zero-order valence-electron chi connectivity index (χ0n) is 11.3. The quantitative estimate of drug-likeness (QED) is 0.767. The molecule has 1 nitrogen and oxygen atoms in total. The van der Waals surface area contributed by atoms with E-state index in [1.54, 1.807) is 6.07 Å². The third-order valence-electron chi connectivity index (χ3n) is 3.97. The molecule has 0 heterocycles. The molecule has 2 unspecified atom stereocenters. The highest BCUT2D eigenvalue weighted by Crippen LogP contribution is 2.32. The molecule has 0 spiro atoms. The van der Waals surface area contributed by atoms with E-state index in [1.165, 1.54) is 18.9 Å². The Bertz CT molecular complexity index is 438. The van der Waals surface area contributed by atoms with Crippen LogP contribution >= 0.6 is 15.9 Å². The van der Waals surface area contributed by atoms with Crippen molar-refractivity contribution in [1.29, 1.82) is 0 Å². The van der Waals surface area contributed by atoms with Gasteiger partial charge in [-0.15, -0.1) is 0 Å². The minimum atomic E-state index is -0.238. The maximum Gasteiger partial charge on any atom is 0.136 e. The molecule has 1 aliphatic rings. The average molecular weight is 327 g/mol. The Morgan fingerprint density at radius 1 is 1.37 bits per heavy atom. The number of Topliss-reactive ketones (excluding diaryl/α,β-unsaturated/α-hetero) is 1. The van der Waals surface area contributed by atoms with Gasteiger partial charge in [0, 0.05) is 16.8 Å². The first kappa shape index (κ1) is 14.7. The first-order chi connectivity index (χ1) is 9.08. The molecule has 2 rings (SSSR count). The molecule has 104 valence electrons. The van der Waals surface area contributed by atoms with Crippen molar-refractivity contribution in [2.45, 2.75) is 45.4 Å². The molecule has 0 N–H and O–H groups in total. The Balaban J connectivity index is 2.05. The van der Waals surface area contributed by atoms with Gasteiger partial charge in [0.2, 0.25) is 0 Å². The van der Waals surface area contributed by atoms with E-state index in [4.69, 9.17) is 0 Å². The van der Waals surface area contributed by atoms with Crippen LogP contribution in [0.4, 0.5) is 4.39 Å². The summed E-state index contributed by atoms with van der Waals surface area (Å²) in [5.74, 6) is 0.870. The van der Waals surface area contributed by atoms with E-state index in [0.29, 0.717) is 24.5 Å². The molecule has 1 fully saturated rings. The van der Waals surface area contributed by atoms with Crippen LogP contribution in [0.3, 0.4) is 0 Å². The fourth-order valence-electron chi connectivity index (χ4n) is 3.08. The third-order valence-corrected chi connectivity index (χ3v) is 4.43. The zero-order valence-corrected chi connectivity index (χ0v) is 12.9. The molecule has 1 saturated carbocycles. The molecule has 19 heavy (non-hydrogen) atoms. The van der Waals surface area contributed by atoms with Crippen molar-refractivity contribution >= 4 is 21.7 Å². The van der Waals surface area contributed by atoms with Gasteiger partial charge in [-0.25, -0.2) is 4.39 Å². The van der Waals surface area contributed by atoms with E-state index >= 15 is 0 Å². The lowest BCUT2D eigenvalue weighted by molar-refractivity contribution is -0.125. The third kappa shape index (κ3) is 4.13. The number of carbonyl (C=O) groups is 1. The van der Waals surface area contributed by atoms with Crippen molar-refractivity contribution in [3.63, 3.8) is 0 Å². The van der Waals surface area contributed by atoms with Crippen molar-refractivity contribution in [3.05, 3.63) is 34.1 Å². The Kier molecular flexibility index (Phi) is 5.14. The van der Waals surface area contributed by atoms with Gasteiger partial charge >= 0.3 is 0 Å². The first-order valence-electron chi connectivity index (χ1n) is 7.06. The SMILES string of the molecule is CCCC1CCC(=O)C(Cc2cc(F)cc(Br)c2)C1. The second kappa shape index (κ2) is 6.65. The molecule has 0 aromatic heterocycles. The molecule has 1 aliphatic carbocycles. The summed E-state index contributed by atoms with van der Waals surface area (Å²) in [5.41, 5.74) is 0.919. The number of ketones is 1. The van der Waals surface area contributed by atoms with Crippen LogP contribution in [-0.2, 0) is 11.2 Å². The molecule has 3 heteroatoms. The minimum Gasteiger partial charge on any atom is -0.299 e. The van der Waals surface area contributed by atoms with Crippen LogP contribution in [0, 0.1) is 17.7 Å². The maximum absolute atomic E-state index is 13.4. The Morgan fingerprint density at radius 3 is 2.84 bits per heavy atom. The lowest BCUT2D eigenvalue weighted by Crippen LogP contribution is -2.26. The lowest BCUT2D eigenvalue weighted by atomic mass is 9.76. The topological polar surface area (TPSA) is 17.1 Å². The van der Waals surface area contributed by atoms with E-state index in [0.717, 1.165) is 22.9 Å². The Labute approximate surface area is 122 Å². The number of rotatable bonds is 4. The van der Waals surface area contributed by atoms with E-state index in [1.807, 2.05) is 6.07 Å². The highest BCUT2D eigenvalue weighted by molar-refractivity contribution is 9.10. The van der Waals surface area contributed by atoms with Crippen molar-refractivity contribution < 1.29 is 9.18 Å². The molecule has 0 saturated heterocycles. The van der Waals surface area contributed by atoms with Gasteiger partial charge in [-0.1, -0.05) is 35.7 Å². The van der Waals surface area contributed by atoms with Gasteiger partial charge in [0.25, 0.3) is 0 Å². The Morgan fingerprint density at radius 2 is 2.16 bits per heavy atom. The van der Waals surface area contributed by atoms with E-state index < -0.39 is 0 Å². The predicted molar refractivity (Wildman–Crippen MR) is 78.6 cm³/mol. The van der Waals surface area contributed by atoms with Crippen molar-refractivity contribution in [3.8, 4) is 0 Å². The van der Waals surface area contributed by atoms with Crippen molar-refractivity contribution in [1.82, 2.24) is 0 Å². The largest absolute Gasteiger partial charge is 0.299 e. The van der Waals surface area contributed by atoms with Crippen LogP contribution in [0.2, 0.25) is 0 Å². The second-order valence-corrected chi connectivity index (χ2v) is 6.49. The van der Waals surface area contributed by atoms with Crippen LogP contribution in [0.15, 0.2) is 22.7 Å². The molecule has 1 aromatic carbocycles. The lowest BCUT2D eigenvalue weighted by Gasteiger charge is -2.28. The average Bonchev–Trinajstić information content (AvgIpc) is 2.32. The monoisotopic (exact) mass is 326 g/mol. The molecule has 0 amide bonds. The molecule has 0 bridgehead atoms. The first-order valence-corrected chi connectivity index (χ1v) is 7.85. The summed E-state index contributed by atoms with van der Waals surface area (Å²) in [5, 5.41) is 0. The summed E-state index contributed by atoms with van der Waals surface area (Å²) < 4.78 is 14.1. The second-order valence-electron chi connectivity index (χ2n) is 5.57. The molecule has 0 radical (unpaired) electrons. The van der Waals surface area contributed by atoms with Gasteiger partial charge in [-0.05, 0) is 48.9 Å². The molecule has 2 atom stereocenters. The number of halogens is 2. The van der Waals surface area contributed by atoms with Gasteiger partial charge in [-0.3, -0.25) is 4.79 Å². The summed E-state index contributed by atoms with van der Waals surface area (Å²) in [6, 6.07) is 4.91. The normalized spacial score (nSPS) is 23.6. The molecule has 0 aliphatic heterocycles. The molecular formula is C16H20BrFO.